The van der Waals surface area contributed by atoms with Gasteiger partial charge in [-0.15, -0.1) is 0 Å². The average Bonchev–Trinajstić information content (AvgIpc) is 2.79. The zero-order valence-electron chi connectivity index (χ0n) is 18.9. The fourth-order valence-electron chi connectivity index (χ4n) is 3.90. The Balaban J connectivity index is 1.29. The van der Waals surface area contributed by atoms with Crippen LogP contribution in [0.4, 0.5) is 0 Å². The topological polar surface area (TPSA) is 35.5 Å². The maximum absolute atomic E-state index is 11.6. The van der Waals surface area contributed by atoms with Gasteiger partial charge < -0.3 is 9.47 Å². The fraction of sp³-hybridized carbons (Fsp3) is 0.464. The molecule has 0 spiro atoms. The second-order valence-electron chi connectivity index (χ2n) is 8.32. The molecule has 31 heavy (non-hydrogen) atoms. The summed E-state index contributed by atoms with van der Waals surface area (Å²) in [6.45, 7) is 3.44. The van der Waals surface area contributed by atoms with E-state index in [1.54, 1.807) is 0 Å². The van der Waals surface area contributed by atoms with Gasteiger partial charge in [-0.05, 0) is 53.6 Å². The minimum atomic E-state index is -0.0352. The lowest BCUT2D eigenvalue weighted by molar-refractivity contribution is -0.143. The number of fused-ring (bicyclic) bond motifs is 2. The minimum Gasteiger partial charge on any atom is -0.493 e. The second kappa shape index (κ2) is 13.0. The predicted molar refractivity (Wildman–Crippen MR) is 130 cm³/mol. The van der Waals surface area contributed by atoms with E-state index in [4.69, 9.17) is 9.47 Å². The van der Waals surface area contributed by atoms with Crippen LogP contribution in [0.1, 0.15) is 71.1 Å². The lowest BCUT2D eigenvalue weighted by Crippen LogP contribution is -2.05. The summed E-state index contributed by atoms with van der Waals surface area (Å²) in [5.41, 5.74) is 0. The Bertz CT molecular complexity index is 947. The number of esters is 1. The maximum atomic E-state index is 11.6. The van der Waals surface area contributed by atoms with Gasteiger partial charge >= 0.3 is 5.97 Å². The van der Waals surface area contributed by atoms with E-state index in [1.165, 1.54) is 47.2 Å². The van der Waals surface area contributed by atoms with Crippen LogP contribution in [-0.4, -0.2) is 19.2 Å². The van der Waals surface area contributed by atoms with E-state index < -0.39 is 0 Å². The lowest BCUT2D eigenvalue weighted by Gasteiger charge is -2.10. The third-order valence-electron chi connectivity index (χ3n) is 5.75. The van der Waals surface area contributed by atoms with E-state index in [0.717, 1.165) is 44.5 Å². The van der Waals surface area contributed by atoms with Crippen molar-refractivity contribution in [2.75, 3.05) is 13.2 Å². The van der Waals surface area contributed by atoms with Crippen molar-refractivity contribution in [1.82, 2.24) is 0 Å². The van der Waals surface area contributed by atoms with Crippen molar-refractivity contribution in [3.8, 4) is 5.75 Å². The molecule has 0 unspecified atom stereocenters. The normalized spacial score (nSPS) is 11.1. The zero-order chi connectivity index (χ0) is 21.7. The second-order valence-corrected chi connectivity index (χ2v) is 8.32. The van der Waals surface area contributed by atoms with Gasteiger partial charge in [0.1, 0.15) is 5.75 Å². The largest absolute Gasteiger partial charge is 0.493 e. The molecule has 0 bridgehead atoms. The molecular formula is C28H36O3. The van der Waals surface area contributed by atoms with E-state index in [1.807, 2.05) is 0 Å². The summed E-state index contributed by atoms with van der Waals surface area (Å²) < 4.78 is 11.3. The first-order chi connectivity index (χ1) is 15.3. The number of hydrogen-bond acceptors (Lipinski definition) is 3. The van der Waals surface area contributed by atoms with Crippen molar-refractivity contribution in [3.05, 3.63) is 54.6 Å². The van der Waals surface area contributed by atoms with Gasteiger partial charge in [0.05, 0.1) is 13.2 Å². The molecule has 0 amide bonds. The maximum Gasteiger partial charge on any atom is 0.305 e. The fourth-order valence-corrected chi connectivity index (χ4v) is 3.90. The molecule has 0 saturated heterocycles. The van der Waals surface area contributed by atoms with Crippen molar-refractivity contribution in [2.45, 2.75) is 71.1 Å². The van der Waals surface area contributed by atoms with Gasteiger partial charge in [0, 0.05) is 11.8 Å². The minimum absolute atomic E-state index is 0.0352. The highest BCUT2D eigenvalue weighted by molar-refractivity contribution is 6.00. The van der Waals surface area contributed by atoms with Gasteiger partial charge in [-0.25, -0.2) is 0 Å². The number of unbranched alkanes of at least 4 members (excludes halogenated alkanes) is 7. The summed E-state index contributed by atoms with van der Waals surface area (Å²) in [6, 6.07) is 19.2. The van der Waals surface area contributed by atoms with Crippen molar-refractivity contribution in [2.24, 2.45) is 0 Å². The molecular weight excluding hydrogens is 384 g/mol. The molecule has 3 aromatic carbocycles. The Morgan fingerprint density at radius 2 is 1.39 bits per heavy atom. The summed E-state index contributed by atoms with van der Waals surface area (Å²) >= 11 is 0. The Morgan fingerprint density at radius 1 is 0.710 bits per heavy atom. The Hall–Kier alpha value is -2.55. The van der Waals surface area contributed by atoms with Crippen molar-refractivity contribution in [1.29, 1.82) is 0 Å². The first-order valence-electron chi connectivity index (χ1n) is 12.0. The highest BCUT2D eigenvalue weighted by Gasteiger charge is 2.05. The molecule has 0 aliphatic carbocycles. The standard InChI is InChI=1S/C28H36O3/c1-2-3-19-31-28(29)18-9-7-5-4-6-8-12-20-30-27-17-13-16-25-21-23-14-10-11-15-24(23)22-26(25)27/h10-11,13-17,21-22H,2-9,12,18-20H2,1H3. The number of rotatable bonds is 14. The van der Waals surface area contributed by atoms with Crippen LogP contribution in [0.5, 0.6) is 5.75 Å². The summed E-state index contributed by atoms with van der Waals surface area (Å²) in [5, 5.41) is 4.93. The number of carbonyl (C=O) groups excluding carboxylic acids is 1. The van der Waals surface area contributed by atoms with Gasteiger partial charge in [-0.3, -0.25) is 4.79 Å². The van der Waals surface area contributed by atoms with E-state index in [2.05, 4.69) is 61.5 Å². The third kappa shape index (κ3) is 7.57. The highest BCUT2D eigenvalue weighted by Crippen LogP contribution is 2.30. The molecule has 0 heterocycles. The Labute approximate surface area is 186 Å². The van der Waals surface area contributed by atoms with Crippen LogP contribution < -0.4 is 4.74 Å². The lowest BCUT2D eigenvalue weighted by atomic mass is 10.0. The summed E-state index contributed by atoms with van der Waals surface area (Å²) in [7, 11) is 0. The molecule has 0 saturated carbocycles. The number of hydrogen-bond donors (Lipinski definition) is 0. The highest BCUT2D eigenvalue weighted by atomic mass is 16.5. The molecule has 166 valence electrons. The first kappa shape index (κ1) is 23.1. The quantitative estimate of drug-likeness (QED) is 0.151. The van der Waals surface area contributed by atoms with Crippen molar-refractivity contribution < 1.29 is 14.3 Å². The zero-order valence-corrected chi connectivity index (χ0v) is 18.9. The summed E-state index contributed by atoms with van der Waals surface area (Å²) in [5.74, 6) is 0.945. The molecule has 0 N–H and O–H groups in total. The van der Waals surface area contributed by atoms with Gasteiger partial charge in [-0.1, -0.05) is 81.8 Å². The van der Waals surface area contributed by atoms with Crippen LogP contribution in [0.15, 0.2) is 54.6 Å². The van der Waals surface area contributed by atoms with Gasteiger partial charge in [0.2, 0.25) is 0 Å². The van der Waals surface area contributed by atoms with Crippen LogP contribution in [0.25, 0.3) is 21.5 Å². The molecule has 0 atom stereocenters. The van der Waals surface area contributed by atoms with Crippen LogP contribution in [0, 0.1) is 0 Å². The van der Waals surface area contributed by atoms with E-state index >= 15 is 0 Å². The van der Waals surface area contributed by atoms with Crippen LogP contribution in [0.2, 0.25) is 0 Å². The molecule has 0 aromatic heterocycles. The average molecular weight is 421 g/mol. The van der Waals surface area contributed by atoms with E-state index in [0.29, 0.717) is 13.0 Å². The van der Waals surface area contributed by atoms with Gasteiger partial charge in [0.15, 0.2) is 0 Å². The monoisotopic (exact) mass is 420 g/mol. The summed E-state index contributed by atoms with van der Waals surface area (Å²) in [6.07, 6.45) is 10.6. The molecule has 3 aromatic rings. The van der Waals surface area contributed by atoms with Gasteiger partial charge in [0.25, 0.3) is 0 Å². The molecule has 3 rings (SSSR count). The smallest absolute Gasteiger partial charge is 0.305 e. The number of ether oxygens (including phenoxy) is 2. The van der Waals surface area contributed by atoms with E-state index in [9.17, 15) is 4.79 Å². The molecule has 3 nitrogen and oxygen atoms in total. The molecule has 3 heteroatoms. The van der Waals surface area contributed by atoms with Gasteiger partial charge in [-0.2, -0.15) is 0 Å². The molecule has 0 aliphatic rings. The predicted octanol–water partition coefficient (Wildman–Crippen LogP) is 7.84. The molecule has 0 fully saturated rings. The first-order valence-corrected chi connectivity index (χ1v) is 12.0. The van der Waals surface area contributed by atoms with Crippen LogP contribution >= 0.6 is 0 Å². The van der Waals surface area contributed by atoms with E-state index in [-0.39, 0.29) is 5.97 Å². The van der Waals surface area contributed by atoms with Crippen LogP contribution in [-0.2, 0) is 9.53 Å². The molecule has 0 radical (unpaired) electrons. The SMILES string of the molecule is CCCCOC(=O)CCCCCCCCCOc1cccc2cc3ccccc3cc12. The Kier molecular flexibility index (Phi) is 9.69. The Morgan fingerprint density at radius 3 is 2.16 bits per heavy atom. The number of carbonyl (C=O) groups is 1. The van der Waals surface area contributed by atoms with Crippen LogP contribution in [0.3, 0.4) is 0 Å². The van der Waals surface area contributed by atoms with Crippen molar-refractivity contribution >= 4 is 27.5 Å². The summed E-state index contributed by atoms with van der Waals surface area (Å²) in [4.78, 5) is 11.6. The third-order valence-corrected chi connectivity index (χ3v) is 5.75. The molecule has 0 aliphatic heterocycles. The number of benzene rings is 3. The van der Waals surface area contributed by atoms with Crippen molar-refractivity contribution in [3.63, 3.8) is 0 Å².